The van der Waals surface area contributed by atoms with Crippen molar-refractivity contribution < 1.29 is 9.59 Å². The fraction of sp³-hybridized carbons (Fsp3) is 0.556. The van der Waals surface area contributed by atoms with Gasteiger partial charge in [-0.1, -0.05) is 32.3 Å². The molecule has 0 bridgehead atoms. The molecule has 5 nitrogen and oxygen atoms in total. The van der Waals surface area contributed by atoms with E-state index in [1.54, 1.807) is 0 Å². The summed E-state index contributed by atoms with van der Waals surface area (Å²) in [4.78, 5) is 24.3. The van der Waals surface area contributed by atoms with Gasteiger partial charge in [0.05, 0.1) is 0 Å². The molecule has 1 atom stereocenters. The SMILES string of the molecule is CNCC(C)C(=O)Nc1cccc(NC(=O)C2CCCCC2)c1.Cl. The molecule has 0 heterocycles. The van der Waals surface area contributed by atoms with Crippen molar-refractivity contribution >= 4 is 35.6 Å². The second kappa shape index (κ2) is 10.3. The Kier molecular flexibility index (Phi) is 8.79. The fourth-order valence-electron chi connectivity index (χ4n) is 2.95. The predicted molar refractivity (Wildman–Crippen MR) is 101 cm³/mol. The van der Waals surface area contributed by atoms with Gasteiger partial charge < -0.3 is 16.0 Å². The maximum absolute atomic E-state index is 12.3. The first-order valence-electron chi connectivity index (χ1n) is 8.46. The molecule has 1 fully saturated rings. The van der Waals surface area contributed by atoms with Crippen molar-refractivity contribution in [3.63, 3.8) is 0 Å². The summed E-state index contributed by atoms with van der Waals surface area (Å²) >= 11 is 0. The number of rotatable bonds is 6. The van der Waals surface area contributed by atoms with E-state index >= 15 is 0 Å². The first-order valence-corrected chi connectivity index (χ1v) is 8.46. The maximum atomic E-state index is 12.3. The van der Waals surface area contributed by atoms with Crippen molar-refractivity contribution in [2.45, 2.75) is 39.0 Å². The van der Waals surface area contributed by atoms with Crippen molar-refractivity contribution in [1.29, 1.82) is 0 Å². The highest BCUT2D eigenvalue weighted by atomic mass is 35.5. The lowest BCUT2D eigenvalue weighted by Crippen LogP contribution is -2.28. The van der Waals surface area contributed by atoms with Crippen LogP contribution in [0.5, 0.6) is 0 Å². The van der Waals surface area contributed by atoms with Gasteiger partial charge in [0.2, 0.25) is 11.8 Å². The van der Waals surface area contributed by atoms with Gasteiger partial charge in [0.15, 0.2) is 0 Å². The average Bonchev–Trinajstić information content (AvgIpc) is 2.56. The highest BCUT2D eigenvalue weighted by molar-refractivity contribution is 5.95. The van der Waals surface area contributed by atoms with Crippen LogP contribution in [0.15, 0.2) is 24.3 Å². The number of halogens is 1. The monoisotopic (exact) mass is 353 g/mol. The molecular weight excluding hydrogens is 326 g/mol. The van der Waals surface area contributed by atoms with Crippen LogP contribution in [0.3, 0.4) is 0 Å². The molecule has 0 saturated heterocycles. The van der Waals surface area contributed by atoms with E-state index in [1.165, 1.54) is 6.42 Å². The molecule has 0 spiro atoms. The van der Waals surface area contributed by atoms with Crippen LogP contribution in [-0.4, -0.2) is 25.4 Å². The van der Waals surface area contributed by atoms with E-state index in [2.05, 4.69) is 16.0 Å². The van der Waals surface area contributed by atoms with Crippen molar-refractivity contribution in [2.24, 2.45) is 11.8 Å². The van der Waals surface area contributed by atoms with E-state index in [0.29, 0.717) is 12.2 Å². The van der Waals surface area contributed by atoms with E-state index in [1.807, 2.05) is 38.2 Å². The van der Waals surface area contributed by atoms with E-state index in [9.17, 15) is 9.59 Å². The first-order chi connectivity index (χ1) is 11.1. The van der Waals surface area contributed by atoms with Gasteiger partial charge in [0, 0.05) is 29.8 Å². The Morgan fingerprint density at radius 1 is 1.12 bits per heavy atom. The Hall–Kier alpha value is -1.59. The molecule has 6 heteroatoms. The number of anilines is 2. The van der Waals surface area contributed by atoms with E-state index in [4.69, 9.17) is 0 Å². The van der Waals surface area contributed by atoms with Crippen LogP contribution in [-0.2, 0) is 9.59 Å². The van der Waals surface area contributed by atoms with E-state index in [-0.39, 0.29) is 36.1 Å². The van der Waals surface area contributed by atoms with Gasteiger partial charge in [-0.15, -0.1) is 12.4 Å². The number of carbonyl (C=O) groups is 2. The van der Waals surface area contributed by atoms with Crippen LogP contribution in [0.25, 0.3) is 0 Å². The van der Waals surface area contributed by atoms with Gasteiger partial charge in [-0.2, -0.15) is 0 Å². The lowest BCUT2D eigenvalue weighted by atomic mass is 9.88. The third-order valence-corrected chi connectivity index (χ3v) is 4.33. The summed E-state index contributed by atoms with van der Waals surface area (Å²) in [7, 11) is 1.82. The van der Waals surface area contributed by atoms with Crippen LogP contribution in [0.1, 0.15) is 39.0 Å². The summed E-state index contributed by atoms with van der Waals surface area (Å²) in [6.45, 7) is 2.50. The summed E-state index contributed by atoms with van der Waals surface area (Å²) in [5.41, 5.74) is 1.44. The van der Waals surface area contributed by atoms with Gasteiger partial charge in [-0.3, -0.25) is 9.59 Å². The Balaban J connectivity index is 0.00000288. The third kappa shape index (κ3) is 6.13. The molecular formula is C18H28ClN3O2. The van der Waals surface area contributed by atoms with Crippen LogP contribution >= 0.6 is 12.4 Å². The second-order valence-corrected chi connectivity index (χ2v) is 6.35. The Bertz CT molecular complexity index is 545. The molecule has 1 saturated carbocycles. The zero-order chi connectivity index (χ0) is 16.7. The van der Waals surface area contributed by atoms with Gasteiger partial charge in [0.1, 0.15) is 0 Å². The molecule has 0 aromatic heterocycles. The summed E-state index contributed by atoms with van der Waals surface area (Å²) in [6, 6.07) is 7.34. The molecule has 1 unspecified atom stereocenters. The van der Waals surface area contributed by atoms with Crippen LogP contribution in [0, 0.1) is 11.8 Å². The average molecular weight is 354 g/mol. The Labute approximate surface area is 150 Å². The number of hydrogen-bond acceptors (Lipinski definition) is 3. The molecule has 134 valence electrons. The zero-order valence-electron chi connectivity index (χ0n) is 14.4. The van der Waals surface area contributed by atoms with Gasteiger partial charge in [-0.05, 0) is 38.1 Å². The molecule has 1 aromatic carbocycles. The molecule has 1 aromatic rings. The van der Waals surface area contributed by atoms with Crippen LogP contribution in [0.2, 0.25) is 0 Å². The molecule has 24 heavy (non-hydrogen) atoms. The summed E-state index contributed by atoms with van der Waals surface area (Å²) in [6.07, 6.45) is 5.46. The van der Waals surface area contributed by atoms with Crippen LogP contribution < -0.4 is 16.0 Å². The van der Waals surface area contributed by atoms with Crippen molar-refractivity contribution in [1.82, 2.24) is 5.32 Å². The molecule has 1 aliphatic rings. The number of carbonyl (C=O) groups excluding carboxylic acids is 2. The molecule has 2 amide bonds. The first kappa shape index (κ1) is 20.5. The largest absolute Gasteiger partial charge is 0.326 e. The van der Waals surface area contributed by atoms with Gasteiger partial charge >= 0.3 is 0 Å². The summed E-state index contributed by atoms with van der Waals surface area (Å²) in [5, 5.41) is 8.86. The lowest BCUT2D eigenvalue weighted by molar-refractivity contribution is -0.121. The van der Waals surface area contributed by atoms with Crippen molar-refractivity contribution in [3.8, 4) is 0 Å². The second-order valence-electron chi connectivity index (χ2n) is 6.35. The predicted octanol–water partition coefficient (Wildman–Crippen LogP) is 3.42. The minimum Gasteiger partial charge on any atom is -0.326 e. The highest BCUT2D eigenvalue weighted by Gasteiger charge is 2.21. The normalized spacial score (nSPS) is 15.9. The topological polar surface area (TPSA) is 70.2 Å². The minimum absolute atomic E-state index is 0. The summed E-state index contributed by atoms with van der Waals surface area (Å²) in [5.74, 6) is 0.0740. The van der Waals surface area contributed by atoms with E-state index < -0.39 is 0 Å². The van der Waals surface area contributed by atoms with E-state index in [0.717, 1.165) is 31.4 Å². The Morgan fingerprint density at radius 2 is 1.75 bits per heavy atom. The third-order valence-electron chi connectivity index (χ3n) is 4.33. The van der Waals surface area contributed by atoms with Gasteiger partial charge in [-0.25, -0.2) is 0 Å². The molecule has 1 aliphatic carbocycles. The number of nitrogens with one attached hydrogen (secondary N) is 3. The fourth-order valence-corrected chi connectivity index (χ4v) is 2.95. The van der Waals surface area contributed by atoms with Crippen LogP contribution in [0.4, 0.5) is 11.4 Å². The number of hydrogen-bond donors (Lipinski definition) is 3. The minimum atomic E-state index is -0.111. The maximum Gasteiger partial charge on any atom is 0.228 e. The van der Waals surface area contributed by atoms with Gasteiger partial charge in [0.25, 0.3) is 0 Å². The number of amides is 2. The zero-order valence-corrected chi connectivity index (χ0v) is 15.2. The smallest absolute Gasteiger partial charge is 0.228 e. The molecule has 2 rings (SSSR count). The quantitative estimate of drug-likeness (QED) is 0.733. The molecule has 3 N–H and O–H groups in total. The summed E-state index contributed by atoms with van der Waals surface area (Å²) < 4.78 is 0. The van der Waals surface area contributed by atoms with Crippen molar-refractivity contribution in [2.75, 3.05) is 24.2 Å². The standard InChI is InChI=1S/C18H27N3O2.ClH/c1-13(12-19-2)17(22)20-15-9-6-10-16(11-15)21-18(23)14-7-4-3-5-8-14;/h6,9-11,13-14,19H,3-5,7-8,12H2,1-2H3,(H,20,22)(H,21,23);1H. The Morgan fingerprint density at radius 3 is 2.38 bits per heavy atom. The lowest BCUT2D eigenvalue weighted by Gasteiger charge is -2.21. The number of benzene rings is 1. The van der Waals surface area contributed by atoms with Crippen molar-refractivity contribution in [3.05, 3.63) is 24.3 Å². The molecule has 0 radical (unpaired) electrons. The highest BCUT2D eigenvalue weighted by Crippen LogP contribution is 2.25. The molecule has 0 aliphatic heterocycles.